The van der Waals surface area contributed by atoms with Crippen LogP contribution in [0.5, 0.6) is 0 Å². The average molecular weight is 448 g/mol. The lowest BCUT2D eigenvalue weighted by atomic mass is 10.2. The van der Waals surface area contributed by atoms with E-state index in [1.165, 1.54) is 11.3 Å². The lowest BCUT2D eigenvalue weighted by Crippen LogP contribution is -2.11. The Morgan fingerprint density at radius 2 is 1.84 bits per heavy atom. The topological polar surface area (TPSA) is 64.7 Å². The molecule has 154 valence electrons. The number of nitrogens with one attached hydrogen (secondary N) is 1. The number of benzene rings is 2. The molecular weight excluding hydrogens is 430 g/mol. The molecule has 2 aromatic carbocycles. The van der Waals surface area contributed by atoms with E-state index < -0.39 is 0 Å². The molecule has 0 spiro atoms. The first kappa shape index (κ1) is 19.5. The molecule has 1 amide bonds. The van der Waals surface area contributed by atoms with Crippen LogP contribution in [0.4, 0.5) is 5.82 Å². The molecule has 0 bridgehead atoms. The monoisotopic (exact) mass is 447 g/mol. The van der Waals surface area contributed by atoms with Crippen molar-refractivity contribution in [3.63, 3.8) is 0 Å². The van der Waals surface area contributed by atoms with Crippen LogP contribution in [0, 0.1) is 6.92 Å². The van der Waals surface area contributed by atoms with E-state index in [0.717, 1.165) is 27.2 Å². The number of para-hydroxylation sites is 1. The molecular formula is C23H18ClN5OS. The number of nitrogens with zero attached hydrogens (tertiary/aromatic N) is 4. The van der Waals surface area contributed by atoms with Crippen LogP contribution in [0.3, 0.4) is 0 Å². The first-order valence-electron chi connectivity index (χ1n) is 9.71. The van der Waals surface area contributed by atoms with Gasteiger partial charge in [0.05, 0.1) is 22.8 Å². The highest BCUT2D eigenvalue weighted by atomic mass is 35.5. The van der Waals surface area contributed by atoms with Gasteiger partial charge in [-0.1, -0.05) is 48.0 Å². The third kappa shape index (κ3) is 3.85. The van der Waals surface area contributed by atoms with Crippen LogP contribution >= 0.6 is 22.9 Å². The molecule has 0 atom stereocenters. The first-order chi connectivity index (χ1) is 15.1. The van der Waals surface area contributed by atoms with Gasteiger partial charge in [-0.05, 0) is 36.8 Å². The number of rotatable bonds is 5. The third-order valence-corrected chi connectivity index (χ3v) is 6.42. The van der Waals surface area contributed by atoms with Crippen LogP contribution in [0.25, 0.3) is 15.9 Å². The fraction of sp³-hybridized carbons (Fsp3) is 0.0870. The smallest absolute Gasteiger partial charge is 0.267 e. The number of hydrogen-bond acceptors (Lipinski definition) is 4. The zero-order valence-electron chi connectivity index (χ0n) is 16.6. The molecule has 0 radical (unpaired) electrons. The van der Waals surface area contributed by atoms with Crippen molar-refractivity contribution in [1.29, 1.82) is 0 Å². The molecule has 0 saturated carbocycles. The standard InChI is InChI=1S/C23H18ClN5OS/c1-15-18-13-20(31-23(18)29(26-15)17-8-3-2-4-9-17)22(30)25-21-11-12-28(27-21)14-16-7-5-6-10-19(16)24/h2-13H,14H2,1H3,(H,25,27,30). The molecule has 3 aromatic heterocycles. The Morgan fingerprint density at radius 3 is 2.65 bits per heavy atom. The van der Waals surface area contributed by atoms with Gasteiger partial charge in [0.25, 0.3) is 5.91 Å². The Labute approximate surface area is 187 Å². The number of carbonyl (C=O) groups is 1. The second-order valence-electron chi connectivity index (χ2n) is 7.11. The number of thiophene rings is 1. The molecule has 0 aliphatic heterocycles. The minimum absolute atomic E-state index is 0.191. The summed E-state index contributed by atoms with van der Waals surface area (Å²) in [5, 5.41) is 13.6. The van der Waals surface area contributed by atoms with Crippen molar-refractivity contribution < 1.29 is 4.79 Å². The Balaban J connectivity index is 1.37. The average Bonchev–Trinajstić information content (AvgIpc) is 3.47. The molecule has 8 heteroatoms. The maximum absolute atomic E-state index is 12.9. The van der Waals surface area contributed by atoms with Gasteiger partial charge in [0, 0.05) is 22.7 Å². The van der Waals surface area contributed by atoms with Crippen LogP contribution in [0.1, 0.15) is 20.9 Å². The summed E-state index contributed by atoms with van der Waals surface area (Å²) in [5.41, 5.74) is 2.82. The zero-order valence-corrected chi connectivity index (χ0v) is 18.2. The number of hydrogen-bond donors (Lipinski definition) is 1. The highest BCUT2D eigenvalue weighted by Gasteiger charge is 2.18. The maximum Gasteiger partial charge on any atom is 0.267 e. The van der Waals surface area contributed by atoms with Crippen molar-refractivity contribution in [3.8, 4) is 5.69 Å². The van der Waals surface area contributed by atoms with Crippen molar-refractivity contribution >= 4 is 44.9 Å². The largest absolute Gasteiger partial charge is 0.304 e. The second kappa shape index (κ2) is 8.02. The SMILES string of the molecule is Cc1nn(-c2ccccc2)c2sc(C(=O)Nc3ccn(Cc4ccccc4Cl)n3)cc12. The van der Waals surface area contributed by atoms with Gasteiger partial charge < -0.3 is 5.32 Å². The van der Waals surface area contributed by atoms with E-state index in [9.17, 15) is 4.79 Å². The number of halogens is 1. The van der Waals surface area contributed by atoms with Gasteiger partial charge in [-0.3, -0.25) is 9.48 Å². The van der Waals surface area contributed by atoms with Crippen LogP contribution in [0.2, 0.25) is 5.02 Å². The van der Waals surface area contributed by atoms with Gasteiger partial charge >= 0.3 is 0 Å². The highest BCUT2D eigenvalue weighted by Crippen LogP contribution is 2.30. The van der Waals surface area contributed by atoms with Crippen molar-refractivity contribution in [1.82, 2.24) is 19.6 Å². The molecule has 6 nitrogen and oxygen atoms in total. The molecule has 5 aromatic rings. The lowest BCUT2D eigenvalue weighted by molar-refractivity contribution is 0.103. The van der Waals surface area contributed by atoms with Crippen molar-refractivity contribution in [2.75, 3.05) is 5.32 Å². The maximum atomic E-state index is 12.9. The van der Waals surface area contributed by atoms with Gasteiger partial charge in [0.1, 0.15) is 4.83 Å². The summed E-state index contributed by atoms with van der Waals surface area (Å²) >= 11 is 7.64. The summed E-state index contributed by atoms with van der Waals surface area (Å²) in [6.45, 7) is 2.48. The van der Waals surface area contributed by atoms with Crippen LogP contribution in [0.15, 0.2) is 72.9 Å². The Bertz CT molecular complexity index is 1390. The first-order valence-corrected chi connectivity index (χ1v) is 10.9. The fourth-order valence-electron chi connectivity index (χ4n) is 3.40. The number of fused-ring (bicyclic) bond motifs is 1. The molecule has 5 rings (SSSR count). The predicted octanol–water partition coefficient (Wildman–Crippen LogP) is 5.55. The minimum atomic E-state index is -0.191. The minimum Gasteiger partial charge on any atom is -0.304 e. The molecule has 3 heterocycles. The second-order valence-corrected chi connectivity index (χ2v) is 8.54. The van der Waals surface area contributed by atoms with E-state index in [1.807, 2.05) is 78.5 Å². The summed E-state index contributed by atoms with van der Waals surface area (Å²) in [6, 6.07) is 21.2. The molecule has 1 N–H and O–H groups in total. The molecule has 0 unspecified atom stereocenters. The summed E-state index contributed by atoms with van der Waals surface area (Å²) < 4.78 is 3.63. The van der Waals surface area contributed by atoms with Crippen LogP contribution < -0.4 is 5.32 Å². The zero-order chi connectivity index (χ0) is 21.4. The normalized spacial score (nSPS) is 11.2. The number of aryl methyl sites for hydroxylation is 1. The van der Waals surface area contributed by atoms with Crippen molar-refractivity contribution in [2.45, 2.75) is 13.5 Å². The summed E-state index contributed by atoms with van der Waals surface area (Å²) in [6.07, 6.45) is 1.82. The van der Waals surface area contributed by atoms with E-state index in [0.29, 0.717) is 22.3 Å². The van der Waals surface area contributed by atoms with Gasteiger partial charge in [-0.2, -0.15) is 10.2 Å². The van der Waals surface area contributed by atoms with Gasteiger partial charge in [-0.25, -0.2) is 4.68 Å². The van der Waals surface area contributed by atoms with E-state index >= 15 is 0 Å². The van der Waals surface area contributed by atoms with Gasteiger partial charge in [0.2, 0.25) is 0 Å². The van der Waals surface area contributed by atoms with Crippen LogP contribution in [-0.4, -0.2) is 25.5 Å². The van der Waals surface area contributed by atoms with E-state index in [1.54, 1.807) is 10.7 Å². The third-order valence-electron chi connectivity index (χ3n) is 4.94. The molecule has 31 heavy (non-hydrogen) atoms. The quantitative estimate of drug-likeness (QED) is 0.384. The number of aromatic nitrogens is 4. The van der Waals surface area contributed by atoms with Gasteiger partial charge in [-0.15, -0.1) is 11.3 Å². The van der Waals surface area contributed by atoms with Crippen molar-refractivity contribution in [2.24, 2.45) is 0 Å². The molecule has 0 fully saturated rings. The highest BCUT2D eigenvalue weighted by molar-refractivity contribution is 7.20. The number of anilines is 1. The van der Waals surface area contributed by atoms with E-state index in [2.05, 4.69) is 15.5 Å². The van der Waals surface area contributed by atoms with Crippen LogP contribution in [-0.2, 0) is 6.54 Å². The number of amides is 1. The molecule has 0 saturated heterocycles. The lowest BCUT2D eigenvalue weighted by Gasteiger charge is -2.04. The Kier molecular flexibility index (Phi) is 5.05. The predicted molar refractivity (Wildman–Crippen MR) is 124 cm³/mol. The Morgan fingerprint density at radius 1 is 1.06 bits per heavy atom. The van der Waals surface area contributed by atoms with Crippen molar-refractivity contribution in [3.05, 3.63) is 94.1 Å². The van der Waals surface area contributed by atoms with E-state index in [-0.39, 0.29) is 5.91 Å². The summed E-state index contributed by atoms with van der Waals surface area (Å²) in [7, 11) is 0. The summed E-state index contributed by atoms with van der Waals surface area (Å²) in [4.78, 5) is 14.4. The van der Waals surface area contributed by atoms with E-state index in [4.69, 9.17) is 11.6 Å². The fourth-order valence-corrected chi connectivity index (χ4v) is 4.67. The van der Waals surface area contributed by atoms with Gasteiger partial charge in [0.15, 0.2) is 5.82 Å². The number of carbonyl (C=O) groups excluding carboxylic acids is 1. The summed E-state index contributed by atoms with van der Waals surface area (Å²) in [5.74, 6) is 0.305. The molecule has 0 aliphatic carbocycles. The molecule has 0 aliphatic rings. The Hall–Kier alpha value is -3.42.